The molecule has 0 amide bonds. The number of rotatable bonds is 6. The van der Waals surface area contributed by atoms with Gasteiger partial charge in [-0.1, -0.05) is 0 Å². The van der Waals surface area contributed by atoms with Gasteiger partial charge in [-0.15, -0.1) is 0 Å². The lowest BCUT2D eigenvalue weighted by Crippen LogP contribution is -2.20. The van der Waals surface area contributed by atoms with E-state index >= 15 is 0 Å². The molecule has 0 aromatic carbocycles. The van der Waals surface area contributed by atoms with Crippen molar-refractivity contribution in [3.63, 3.8) is 0 Å². The van der Waals surface area contributed by atoms with Crippen molar-refractivity contribution in [2.45, 2.75) is 38.8 Å². The van der Waals surface area contributed by atoms with Crippen molar-refractivity contribution >= 4 is 5.69 Å². The van der Waals surface area contributed by atoms with Gasteiger partial charge in [0.2, 0.25) is 0 Å². The minimum absolute atomic E-state index is 0.0269. The Kier molecular flexibility index (Phi) is 4.91. The number of nitro groups is 1. The minimum Gasteiger partial charge on any atom is -0.473 e. The summed E-state index contributed by atoms with van der Waals surface area (Å²) in [7, 11) is 0. The average Bonchev–Trinajstić information content (AvgIpc) is 2.77. The molecule has 1 fully saturated rings. The van der Waals surface area contributed by atoms with Crippen molar-refractivity contribution in [2.75, 3.05) is 19.8 Å². The van der Waals surface area contributed by atoms with Crippen LogP contribution in [0.25, 0.3) is 0 Å². The van der Waals surface area contributed by atoms with Gasteiger partial charge in [-0.25, -0.2) is 0 Å². The Labute approximate surface area is 116 Å². The second-order valence-corrected chi connectivity index (χ2v) is 4.69. The van der Waals surface area contributed by atoms with Crippen LogP contribution in [-0.4, -0.2) is 39.6 Å². The van der Waals surface area contributed by atoms with E-state index in [1.54, 1.807) is 6.92 Å². The third-order valence-corrected chi connectivity index (χ3v) is 3.16. The van der Waals surface area contributed by atoms with Crippen molar-refractivity contribution in [1.29, 1.82) is 0 Å². The van der Waals surface area contributed by atoms with E-state index in [0.717, 1.165) is 19.3 Å². The fourth-order valence-electron chi connectivity index (χ4n) is 2.21. The summed E-state index contributed by atoms with van der Waals surface area (Å²) in [5.74, 6) is 0.118. The van der Waals surface area contributed by atoms with Gasteiger partial charge in [0.05, 0.1) is 11.5 Å². The average molecular weight is 285 g/mol. The first kappa shape index (κ1) is 14.7. The molecule has 0 spiro atoms. The van der Waals surface area contributed by atoms with Crippen molar-refractivity contribution in [3.05, 3.63) is 15.8 Å². The summed E-state index contributed by atoms with van der Waals surface area (Å²) >= 11 is 0. The van der Waals surface area contributed by atoms with Gasteiger partial charge in [0, 0.05) is 19.6 Å². The molecule has 1 saturated heterocycles. The summed E-state index contributed by atoms with van der Waals surface area (Å²) in [6, 6.07) is 0. The van der Waals surface area contributed by atoms with Gasteiger partial charge >= 0.3 is 5.69 Å². The highest BCUT2D eigenvalue weighted by molar-refractivity contribution is 5.45. The van der Waals surface area contributed by atoms with E-state index < -0.39 is 4.92 Å². The molecule has 8 nitrogen and oxygen atoms in total. The quantitative estimate of drug-likeness (QED) is 0.483. The second kappa shape index (κ2) is 6.67. The fraction of sp³-hybridized carbons (Fsp3) is 0.750. The molecule has 1 aromatic rings. The van der Waals surface area contributed by atoms with Gasteiger partial charge in [-0.2, -0.15) is 9.78 Å². The summed E-state index contributed by atoms with van der Waals surface area (Å²) < 4.78 is 12.5. The van der Waals surface area contributed by atoms with Crippen molar-refractivity contribution in [3.8, 4) is 5.88 Å². The van der Waals surface area contributed by atoms with Crippen LogP contribution in [0.2, 0.25) is 0 Å². The highest BCUT2D eigenvalue weighted by atomic mass is 16.6. The Morgan fingerprint density at radius 1 is 1.60 bits per heavy atom. The topological polar surface area (TPSA) is 99.7 Å². The van der Waals surface area contributed by atoms with Crippen LogP contribution >= 0.6 is 0 Å². The van der Waals surface area contributed by atoms with Gasteiger partial charge in [0.25, 0.3) is 5.88 Å². The van der Waals surface area contributed by atoms with Gasteiger partial charge in [0.1, 0.15) is 5.69 Å². The van der Waals surface area contributed by atoms with Crippen molar-refractivity contribution in [2.24, 2.45) is 0 Å². The molecule has 0 saturated carbocycles. The standard InChI is InChI=1S/C12H19N3O5/c1-9-11(15(17)18)12(20-8-4-6-16)14(13-9)10-5-2-3-7-19-10/h10,16H,2-8H2,1H3. The molecule has 8 heteroatoms. The summed E-state index contributed by atoms with van der Waals surface area (Å²) in [5, 5.41) is 24.1. The molecule has 1 aromatic heterocycles. The Bertz CT molecular complexity index is 468. The van der Waals surface area contributed by atoms with Crippen LogP contribution in [0.3, 0.4) is 0 Å². The number of hydrogen-bond donors (Lipinski definition) is 1. The molecule has 1 aliphatic rings. The Hall–Kier alpha value is -1.67. The maximum Gasteiger partial charge on any atom is 0.353 e. The first-order valence-electron chi connectivity index (χ1n) is 6.74. The summed E-state index contributed by atoms with van der Waals surface area (Å²) in [6.45, 7) is 2.37. The molecule has 1 unspecified atom stereocenters. The van der Waals surface area contributed by atoms with Crippen LogP contribution in [0, 0.1) is 17.0 Å². The minimum atomic E-state index is -0.490. The van der Waals surface area contributed by atoms with Crippen LogP contribution in [0.4, 0.5) is 5.69 Å². The number of aliphatic hydroxyl groups excluding tert-OH is 1. The number of ether oxygens (including phenoxy) is 2. The van der Waals surface area contributed by atoms with E-state index in [-0.39, 0.29) is 31.0 Å². The fourth-order valence-corrected chi connectivity index (χ4v) is 2.21. The monoisotopic (exact) mass is 285 g/mol. The maximum absolute atomic E-state index is 11.2. The summed E-state index contributed by atoms with van der Waals surface area (Å²) in [5.41, 5.74) is 0.181. The van der Waals surface area contributed by atoms with Crippen LogP contribution < -0.4 is 4.74 Å². The summed E-state index contributed by atoms with van der Waals surface area (Å²) in [6.07, 6.45) is 2.83. The molecule has 2 rings (SSSR count). The lowest BCUT2D eigenvalue weighted by atomic mass is 10.2. The van der Waals surface area contributed by atoms with Crippen LogP contribution in [0.5, 0.6) is 5.88 Å². The highest BCUT2D eigenvalue weighted by Crippen LogP contribution is 2.35. The molecule has 1 N–H and O–H groups in total. The van der Waals surface area contributed by atoms with E-state index in [9.17, 15) is 10.1 Å². The zero-order valence-electron chi connectivity index (χ0n) is 11.4. The van der Waals surface area contributed by atoms with E-state index in [1.807, 2.05) is 0 Å². The highest BCUT2D eigenvalue weighted by Gasteiger charge is 2.31. The third kappa shape index (κ3) is 3.07. The van der Waals surface area contributed by atoms with Gasteiger partial charge < -0.3 is 14.6 Å². The molecule has 0 radical (unpaired) electrons. The maximum atomic E-state index is 11.2. The first-order chi connectivity index (χ1) is 9.65. The van der Waals surface area contributed by atoms with Crippen LogP contribution in [0.1, 0.15) is 37.6 Å². The normalized spacial score (nSPS) is 19.0. The lowest BCUT2D eigenvalue weighted by Gasteiger charge is -2.23. The number of aryl methyl sites for hydroxylation is 1. The lowest BCUT2D eigenvalue weighted by molar-refractivity contribution is -0.386. The number of nitrogens with zero attached hydrogens (tertiary/aromatic N) is 3. The van der Waals surface area contributed by atoms with Crippen molar-refractivity contribution < 1.29 is 19.5 Å². The molecule has 0 bridgehead atoms. The Morgan fingerprint density at radius 3 is 3.00 bits per heavy atom. The second-order valence-electron chi connectivity index (χ2n) is 4.69. The number of aliphatic hydroxyl groups is 1. The molecule has 0 aliphatic carbocycles. The van der Waals surface area contributed by atoms with Gasteiger partial charge in [-0.3, -0.25) is 10.1 Å². The summed E-state index contributed by atoms with van der Waals surface area (Å²) in [4.78, 5) is 10.7. The van der Waals surface area contributed by atoms with Crippen LogP contribution in [-0.2, 0) is 4.74 Å². The Morgan fingerprint density at radius 2 is 2.40 bits per heavy atom. The SMILES string of the molecule is Cc1nn(C2CCCCO2)c(OCCCO)c1[N+](=O)[O-]. The molecular formula is C12H19N3O5. The predicted octanol–water partition coefficient (Wildman–Crippen LogP) is 1.56. The zero-order valence-corrected chi connectivity index (χ0v) is 11.4. The largest absolute Gasteiger partial charge is 0.473 e. The van der Waals surface area contributed by atoms with E-state index in [0.29, 0.717) is 18.7 Å². The molecule has 112 valence electrons. The predicted molar refractivity (Wildman–Crippen MR) is 69.7 cm³/mol. The zero-order chi connectivity index (χ0) is 14.5. The smallest absolute Gasteiger partial charge is 0.353 e. The molecule has 1 aliphatic heterocycles. The molecule has 20 heavy (non-hydrogen) atoms. The third-order valence-electron chi connectivity index (χ3n) is 3.16. The van der Waals surface area contributed by atoms with E-state index in [4.69, 9.17) is 14.6 Å². The van der Waals surface area contributed by atoms with Gasteiger partial charge in [0.15, 0.2) is 6.23 Å². The van der Waals surface area contributed by atoms with Crippen LogP contribution in [0.15, 0.2) is 0 Å². The first-order valence-corrected chi connectivity index (χ1v) is 6.74. The van der Waals surface area contributed by atoms with E-state index in [2.05, 4.69) is 5.10 Å². The van der Waals surface area contributed by atoms with Crippen molar-refractivity contribution in [1.82, 2.24) is 9.78 Å². The number of hydrogen-bond acceptors (Lipinski definition) is 6. The molecule has 2 heterocycles. The Balaban J connectivity index is 2.28. The molecular weight excluding hydrogens is 266 g/mol. The molecule has 1 atom stereocenters. The van der Waals surface area contributed by atoms with E-state index in [1.165, 1.54) is 4.68 Å². The van der Waals surface area contributed by atoms with Gasteiger partial charge in [-0.05, 0) is 26.2 Å². The number of aromatic nitrogens is 2.